The normalized spacial score (nSPS) is 10.8. The predicted octanol–water partition coefficient (Wildman–Crippen LogP) is 3.89. The SMILES string of the molecule is O=C(CSc1nnc(NCc2ccccc2)s1)Nc1cccc2nsnc12. The molecule has 2 N–H and O–H groups in total. The van der Waals surface area contributed by atoms with E-state index in [2.05, 4.69) is 29.6 Å². The first-order chi connectivity index (χ1) is 13.3. The van der Waals surface area contributed by atoms with Crippen LogP contribution in [0.1, 0.15) is 5.56 Å². The minimum Gasteiger partial charge on any atom is -0.356 e. The minimum absolute atomic E-state index is 0.116. The molecular weight excluding hydrogens is 400 g/mol. The van der Waals surface area contributed by atoms with E-state index in [0.29, 0.717) is 17.7 Å². The van der Waals surface area contributed by atoms with Crippen molar-refractivity contribution in [2.75, 3.05) is 16.4 Å². The van der Waals surface area contributed by atoms with Crippen molar-refractivity contribution >= 4 is 62.6 Å². The molecule has 4 aromatic rings. The van der Waals surface area contributed by atoms with Crippen molar-refractivity contribution in [2.45, 2.75) is 10.9 Å². The zero-order chi connectivity index (χ0) is 18.5. The summed E-state index contributed by atoms with van der Waals surface area (Å²) in [7, 11) is 0. The fraction of sp³-hybridized carbons (Fsp3) is 0.118. The van der Waals surface area contributed by atoms with Crippen LogP contribution in [0.3, 0.4) is 0 Å². The highest BCUT2D eigenvalue weighted by atomic mass is 32.2. The van der Waals surface area contributed by atoms with Crippen LogP contribution >= 0.6 is 34.8 Å². The van der Waals surface area contributed by atoms with Gasteiger partial charge >= 0.3 is 0 Å². The van der Waals surface area contributed by atoms with Gasteiger partial charge in [0, 0.05) is 6.54 Å². The Morgan fingerprint density at radius 3 is 2.81 bits per heavy atom. The van der Waals surface area contributed by atoms with E-state index in [1.807, 2.05) is 48.5 Å². The van der Waals surface area contributed by atoms with Gasteiger partial charge in [0.25, 0.3) is 0 Å². The number of carbonyl (C=O) groups is 1. The molecule has 0 radical (unpaired) electrons. The quantitative estimate of drug-likeness (QED) is 0.443. The van der Waals surface area contributed by atoms with Gasteiger partial charge in [-0.05, 0) is 17.7 Å². The van der Waals surface area contributed by atoms with Gasteiger partial charge in [0.05, 0.1) is 23.2 Å². The van der Waals surface area contributed by atoms with E-state index in [1.54, 1.807) is 0 Å². The van der Waals surface area contributed by atoms with Gasteiger partial charge in [0.15, 0.2) is 4.34 Å². The van der Waals surface area contributed by atoms with Gasteiger partial charge in [-0.1, -0.05) is 59.5 Å². The molecule has 0 fully saturated rings. The van der Waals surface area contributed by atoms with Crippen molar-refractivity contribution in [3.63, 3.8) is 0 Å². The van der Waals surface area contributed by atoms with E-state index in [1.165, 1.54) is 28.7 Å². The average molecular weight is 415 g/mol. The lowest BCUT2D eigenvalue weighted by Crippen LogP contribution is -2.14. The fourth-order valence-corrected chi connectivity index (χ4v) is 4.43. The van der Waals surface area contributed by atoms with E-state index in [4.69, 9.17) is 0 Å². The van der Waals surface area contributed by atoms with Gasteiger partial charge in [-0.3, -0.25) is 4.79 Å². The Hall–Kier alpha value is -2.56. The standard InChI is InChI=1S/C17H14N6OS3/c24-14(19-12-7-4-8-13-15(12)23-27-22-13)10-25-17-21-20-16(26-17)18-9-11-5-2-1-3-6-11/h1-8H,9-10H2,(H,18,20)(H,19,24). The summed E-state index contributed by atoms with van der Waals surface area (Å²) in [6.07, 6.45) is 0. The van der Waals surface area contributed by atoms with Gasteiger partial charge in [-0.2, -0.15) is 8.75 Å². The first-order valence-corrected chi connectivity index (χ1v) is 10.6. The summed E-state index contributed by atoms with van der Waals surface area (Å²) in [5.74, 6) is 0.135. The molecule has 7 nitrogen and oxygen atoms in total. The molecule has 0 unspecified atom stereocenters. The minimum atomic E-state index is -0.116. The Kier molecular flexibility index (Phi) is 5.56. The number of nitrogens with one attached hydrogen (secondary N) is 2. The van der Waals surface area contributed by atoms with Crippen LogP contribution in [-0.4, -0.2) is 30.6 Å². The lowest BCUT2D eigenvalue weighted by atomic mass is 10.2. The number of carbonyl (C=O) groups excluding carboxylic acids is 1. The molecule has 2 heterocycles. The molecule has 0 bridgehead atoms. The van der Waals surface area contributed by atoms with Crippen LogP contribution in [0.4, 0.5) is 10.8 Å². The molecule has 0 aliphatic rings. The third kappa shape index (κ3) is 4.59. The number of benzene rings is 2. The second-order valence-corrected chi connectivity index (χ2v) is 8.22. The molecule has 0 aliphatic heterocycles. The van der Waals surface area contributed by atoms with Gasteiger partial charge < -0.3 is 10.6 Å². The van der Waals surface area contributed by atoms with E-state index in [-0.39, 0.29) is 11.7 Å². The molecule has 4 rings (SSSR count). The summed E-state index contributed by atoms with van der Waals surface area (Å²) in [5.41, 5.74) is 3.34. The van der Waals surface area contributed by atoms with Crippen LogP contribution in [0.2, 0.25) is 0 Å². The lowest BCUT2D eigenvalue weighted by Gasteiger charge is -2.04. The van der Waals surface area contributed by atoms with Gasteiger partial charge in [-0.15, -0.1) is 10.2 Å². The summed E-state index contributed by atoms with van der Waals surface area (Å²) in [6, 6.07) is 15.6. The molecule has 2 aromatic heterocycles. The highest BCUT2D eigenvalue weighted by Crippen LogP contribution is 2.26. The molecule has 0 spiro atoms. The zero-order valence-electron chi connectivity index (χ0n) is 14.0. The third-order valence-corrected chi connectivity index (χ3v) is 6.14. The predicted molar refractivity (Wildman–Crippen MR) is 110 cm³/mol. The van der Waals surface area contributed by atoms with E-state index in [9.17, 15) is 4.79 Å². The number of rotatable bonds is 7. The first-order valence-electron chi connectivity index (χ1n) is 8.03. The molecule has 1 amide bonds. The van der Waals surface area contributed by atoms with Crippen molar-refractivity contribution in [1.82, 2.24) is 18.9 Å². The molecule has 0 saturated heterocycles. The number of hydrogen-bond donors (Lipinski definition) is 2. The van der Waals surface area contributed by atoms with Crippen LogP contribution in [-0.2, 0) is 11.3 Å². The maximum atomic E-state index is 12.2. The molecule has 2 aromatic carbocycles. The van der Waals surface area contributed by atoms with Crippen molar-refractivity contribution in [1.29, 1.82) is 0 Å². The lowest BCUT2D eigenvalue weighted by molar-refractivity contribution is -0.113. The summed E-state index contributed by atoms with van der Waals surface area (Å²) in [4.78, 5) is 12.2. The maximum Gasteiger partial charge on any atom is 0.234 e. The largest absolute Gasteiger partial charge is 0.356 e. The van der Waals surface area contributed by atoms with Crippen molar-refractivity contribution < 1.29 is 4.79 Å². The fourth-order valence-electron chi connectivity index (χ4n) is 2.33. The number of anilines is 2. The summed E-state index contributed by atoms with van der Waals surface area (Å²) >= 11 is 3.92. The average Bonchev–Trinajstić information content (AvgIpc) is 3.35. The number of hydrogen-bond acceptors (Lipinski definition) is 9. The smallest absolute Gasteiger partial charge is 0.234 e. The Labute approximate surface area is 167 Å². The maximum absolute atomic E-state index is 12.2. The number of nitrogens with zero attached hydrogens (tertiary/aromatic N) is 4. The van der Waals surface area contributed by atoms with E-state index in [0.717, 1.165) is 26.7 Å². The molecule has 0 saturated carbocycles. The van der Waals surface area contributed by atoms with Crippen LogP contribution in [0.15, 0.2) is 52.9 Å². The second kappa shape index (κ2) is 8.42. The molecule has 27 heavy (non-hydrogen) atoms. The molecule has 136 valence electrons. The van der Waals surface area contributed by atoms with Crippen LogP contribution < -0.4 is 10.6 Å². The van der Waals surface area contributed by atoms with Crippen molar-refractivity contribution in [3.05, 3.63) is 54.1 Å². The molecule has 0 aliphatic carbocycles. The van der Waals surface area contributed by atoms with E-state index < -0.39 is 0 Å². The molecule has 10 heteroatoms. The summed E-state index contributed by atoms with van der Waals surface area (Å²) < 4.78 is 9.14. The zero-order valence-corrected chi connectivity index (χ0v) is 16.4. The number of aromatic nitrogens is 4. The van der Waals surface area contributed by atoms with Crippen molar-refractivity contribution in [2.24, 2.45) is 0 Å². The molecule has 0 atom stereocenters. The highest BCUT2D eigenvalue weighted by molar-refractivity contribution is 8.01. The Balaban J connectivity index is 1.29. The van der Waals surface area contributed by atoms with Crippen molar-refractivity contribution in [3.8, 4) is 0 Å². The Bertz CT molecular complexity index is 1050. The van der Waals surface area contributed by atoms with Crippen LogP contribution in [0.25, 0.3) is 11.0 Å². The Morgan fingerprint density at radius 1 is 1.04 bits per heavy atom. The van der Waals surface area contributed by atoms with Gasteiger partial charge in [0.2, 0.25) is 11.0 Å². The number of fused-ring (bicyclic) bond motifs is 1. The van der Waals surface area contributed by atoms with Crippen LogP contribution in [0, 0.1) is 0 Å². The molecular formula is C17H14N6OS3. The topological polar surface area (TPSA) is 92.7 Å². The Morgan fingerprint density at radius 2 is 1.93 bits per heavy atom. The third-order valence-electron chi connectivity index (χ3n) is 3.58. The van der Waals surface area contributed by atoms with E-state index >= 15 is 0 Å². The number of amides is 1. The van der Waals surface area contributed by atoms with Gasteiger partial charge in [-0.25, -0.2) is 0 Å². The summed E-state index contributed by atoms with van der Waals surface area (Å²) in [6.45, 7) is 0.687. The first kappa shape index (κ1) is 17.8. The number of thioether (sulfide) groups is 1. The summed E-state index contributed by atoms with van der Waals surface area (Å²) in [5, 5.41) is 15.1. The van der Waals surface area contributed by atoms with Crippen LogP contribution in [0.5, 0.6) is 0 Å². The second-order valence-electron chi connectivity index (χ2n) is 5.49. The van der Waals surface area contributed by atoms with Gasteiger partial charge in [0.1, 0.15) is 11.0 Å². The highest BCUT2D eigenvalue weighted by Gasteiger charge is 2.11. The monoisotopic (exact) mass is 414 g/mol.